The zero-order valence-corrected chi connectivity index (χ0v) is 11.8. The molecule has 1 aromatic carbocycles. The van der Waals surface area contributed by atoms with E-state index in [0.717, 1.165) is 24.4 Å². The summed E-state index contributed by atoms with van der Waals surface area (Å²) in [5.41, 5.74) is 1.44. The predicted molar refractivity (Wildman–Crippen MR) is 76.1 cm³/mol. The maximum Gasteiger partial charge on any atom is 0.253 e. The quantitative estimate of drug-likeness (QED) is 0.917. The third-order valence-electron chi connectivity index (χ3n) is 3.46. The van der Waals surface area contributed by atoms with Gasteiger partial charge in [-0.25, -0.2) is 0 Å². The van der Waals surface area contributed by atoms with E-state index in [9.17, 15) is 4.79 Å². The second kappa shape index (κ2) is 6.01. The Morgan fingerprint density at radius 2 is 2.33 bits per heavy atom. The van der Waals surface area contributed by atoms with Crippen molar-refractivity contribution in [1.82, 2.24) is 20.2 Å². The molecule has 1 atom stereocenters. The Labute approximate surface area is 122 Å². The molecule has 1 aromatic heterocycles. The summed E-state index contributed by atoms with van der Waals surface area (Å²) in [5, 5.41) is 14.6. The molecular weight excluding hydrogens is 270 g/mol. The minimum absolute atomic E-state index is 0.119. The lowest BCUT2D eigenvalue weighted by Gasteiger charge is -2.14. The van der Waals surface area contributed by atoms with Crippen molar-refractivity contribution in [1.29, 1.82) is 0 Å². The first-order valence-electron chi connectivity index (χ1n) is 7.08. The Morgan fingerprint density at radius 1 is 1.48 bits per heavy atom. The molecule has 7 nitrogen and oxygen atoms in total. The Hall–Kier alpha value is -2.28. The van der Waals surface area contributed by atoms with Crippen molar-refractivity contribution in [3.8, 4) is 5.69 Å². The van der Waals surface area contributed by atoms with Crippen LogP contribution in [0.4, 0.5) is 5.69 Å². The van der Waals surface area contributed by atoms with Gasteiger partial charge in [-0.15, -0.1) is 5.10 Å². The van der Waals surface area contributed by atoms with Gasteiger partial charge in [-0.1, -0.05) is 19.1 Å². The molecule has 1 saturated heterocycles. The van der Waals surface area contributed by atoms with Crippen LogP contribution in [0.3, 0.4) is 0 Å². The fraction of sp³-hybridized carbons (Fsp3) is 0.429. The van der Waals surface area contributed by atoms with Gasteiger partial charge in [0.15, 0.2) is 5.82 Å². The summed E-state index contributed by atoms with van der Waals surface area (Å²) in [6.07, 6.45) is 2.03. The number of aromatic nitrogens is 4. The fourth-order valence-corrected chi connectivity index (χ4v) is 2.38. The van der Waals surface area contributed by atoms with Gasteiger partial charge in [0.1, 0.15) is 6.10 Å². The maximum absolute atomic E-state index is 12.2. The standard InChI is InChI=1S/C14H17N5O2/c1-2-13-16-17-18-19(13)11-7-4-3-6-10(11)15-14(20)12-8-5-9-21-12/h3-4,6-7,12H,2,5,8-9H2,1H3,(H,15,20)/t12-/m1/s1. The number of hydrogen-bond acceptors (Lipinski definition) is 5. The molecular formula is C14H17N5O2. The molecule has 1 amide bonds. The summed E-state index contributed by atoms with van der Waals surface area (Å²) in [7, 11) is 0. The van der Waals surface area contributed by atoms with E-state index in [1.807, 2.05) is 31.2 Å². The van der Waals surface area contributed by atoms with Gasteiger partial charge in [0.25, 0.3) is 5.91 Å². The molecule has 21 heavy (non-hydrogen) atoms. The van der Waals surface area contributed by atoms with E-state index in [1.165, 1.54) is 0 Å². The monoisotopic (exact) mass is 287 g/mol. The van der Waals surface area contributed by atoms with Crippen LogP contribution in [0.1, 0.15) is 25.6 Å². The molecule has 7 heteroatoms. The number of ether oxygens (including phenoxy) is 1. The number of benzene rings is 1. The van der Waals surface area contributed by atoms with Gasteiger partial charge in [0.2, 0.25) is 0 Å². The number of carbonyl (C=O) groups excluding carboxylic acids is 1. The predicted octanol–water partition coefficient (Wildman–Crippen LogP) is 1.34. The Kier molecular flexibility index (Phi) is 3.92. The van der Waals surface area contributed by atoms with E-state index in [2.05, 4.69) is 20.8 Å². The number of amides is 1. The summed E-state index contributed by atoms with van der Waals surface area (Å²) in [6, 6.07) is 7.46. The van der Waals surface area contributed by atoms with Crippen LogP contribution >= 0.6 is 0 Å². The van der Waals surface area contributed by atoms with E-state index in [0.29, 0.717) is 18.7 Å². The third kappa shape index (κ3) is 2.78. The highest BCUT2D eigenvalue weighted by Crippen LogP contribution is 2.22. The number of nitrogens with one attached hydrogen (secondary N) is 1. The summed E-state index contributed by atoms with van der Waals surface area (Å²) < 4.78 is 7.05. The minimum atomic E-state index is -0.363. The first kappa shape index (κ1) is 13.7. The van der Waals surface area contributed by atoms with Gasteiger partial charge in [-0.2, -0.15) is 4.68 Å². The van der Waals surface area contributed by atoms with Gasteiger partial charge >= 0.3 is 0 Å². The molecule has 0 spiro atoms. The number of tetrazole rings is 1. The maximum atomic E-state index is 12.2. The third-order valence-corrected chi connectivity index (χ3v) is 3.46. The van der Waals surface area contributed by atoms with Crippen LogP contribution in [0.15, 0.2) is 24.3 Å². The van der Waals surface area contributed by atoms with Gasteiger partial charge in [0, 0.05) is 13.0 Å². The van der Waals surface area contributed by atoms with Crippen LogP contribution in [-0.4, -0.2) is 38.8 Å². The van der Waals surface area contributed by atoms with Gasteiger partial charge in [0.05, 0.1) is 11.4 Å². The Morgan fingerprint density at radius 3 is 3.10 bits per heavy atom. The van der Waals surface area contributed by atoms with E-state index in [4.69, 9.17) is 4.74 Å². The molecule has 110 valence electrons. The number of hydrogen-bond donors (Lipinski definition) is 1. The summed E-state index contributed by atoms with van der Waals surface area (Å²) in [6.45, 7) is 2.63. The molecule has 1 aliphatic heterocycles. The SMILES string of the molecule is CCc1nnnn1-c1ccccc1NC(=O)[C@H]1CCCO1. The van der Waals surface area contributed by atoms with Crippen molar-refractivity contribution in [2.75, 3.05) is 11.9 Å². The van der Waals surface area contributed by atoms with Crippen molar-refractivity contribution < 1.29 is 9.53 Å². The van der Waals surface area contributed by atoms with Crippen molar-refractivity contribution in [3.05, 3.63) is 30.1 Å². The van der Waals surface area contributed by atoms with Crippen LogP contribution in [0.25, 0.3) is 5.69 Å². The molecule has 0 unspecified atom stereocenters. The lowest BCUT2D eigenvalue weighted by Crippen LogP contribution is -2.27. The summed E-state index contributed by atoms with van der Waals surface area (Å²) in [4.78, 5) is 12.2. The Balaban J connectivity index is 1.87. The molecule has 0 bridgehead atoms. The van der Waals surface area contributed by atoms with E-state index in [1.54, 1.807) is 4.68 Å². The zero-order chi connectivity index (χ0) is 14.7. The number of carbonyl (C=O) groups is 1. The molecule has 2 heterocycles. The minimum Gasteiger partial charge on any atom is -0.368 e. The largest absolute Gasteiger partial charge is 0.368 e. The van der Waals surface area contributed by atoms with Crippen LogP contribution in [-0.2, 0) is 16.0 Å². The second-order valence-corrected chi connectivity index (χ2v) is 4.87. The number of anilines is 1. The zero-order valence-electron chi connectivity index (χ0n) is 11.8. The first-order valence-corrected chi connectivity index (χ1v) is 7.08. The van der Waals surface area contributed by atoms with Crippen molar-refractivity contribution in [3.63, 3.8) is 0 Å². The van der Waals surface area contributed by atoms with Crippen LogP contribution < -0.4 is 5.32 Å². The number of aryl methyl sites for hydroxylation is 1. The molecule has 2 aromatic rings. The van der Waals surface area contributed by atoms with Crippen LogP contribution in [0, 0.1) is 0 Å². The molecule has 3 rings (SSSR count). The van der Waals surface area contributed by atoms with E-state index in [-0.39, 0.29) is 12.0 Å². The van der Waals surface area contributed by atoms with Crippen molar-refractivity contribution >= 4 is 11.6 Å². The van der Waals surface area contributed by atoms with E-state index < -0.39 is 0 Å². The summed E-state index contributed by atoms with van der Waals surface area (Å²) in [5.74, 6) is 0.625. The van der Waals surface area contributed by atoms with Crippen molar-refractivity contribution in [2.24, 2.45) is 0 Å². The Bertz CT molecular complexity index is 634. The molecule has 0 aliphatic carbocycles. The first-order chi connectivity index (χ1) is 10.3. The molecule has 1 aliphatic rings. The average Bonchev–Trinajstić information content (AvgIpc) is 3.19. The number of rotatable bonds is 4. The molecule has 1 N–H and O–H groups in total. The van der Waals surface area contributed by atoms with Gasteiger partial charge in [-0.05, 0) is 35.4 Å². The highest BCUT2D eigenvalue weighted by molar-refractivity contribution is 5.96. The summed E-state index contributed by atoms with van der Waals surface area (Å²) >= 11 is 0. The van der Waals surface area contributed by atoms with E-state index >= 15 is 0 Å². The molecule has 1 fully saturated rings. The normalized spacial score (nSPS) is 17.9. The number of para-hydroxylation sites is 2. The molecule has 0 radical (unpaired) electrons. The lowest BCUT2D eigenvalue weighted by molar-refractivity contribution is -0.124. The highest BCUT2D eigenvalue weighted by atomic mass is 16.5. The van der Waals surface area contributed by atoms with Crippen LogP contribution in [0.5, 0.6) is 0 Å². The number of nitrogens with zero attached hydrogens (tertiary/aromatic N) is 4. The fourth-order valence-electron chi connectivity index (χ4n) is 2.38. The second-order valence-electron chi connectivity index (χ2n) is 4.87. The van der Waals surface area contributed by atoms with Crippen molar-refractivity contribution in [2.45, 2.75) is 32.3 Å². The topological polar surface area (TPSA) is 81.9 Å². The highest BCUT2D eigenvalue weighted by Gasteiger charge is 2.24. The van der Waals surface area contributed by atoms with Crippen LogP contribution in [0.2, 0.25) is 0 Å². The average molecular weight is 287 g/mol. The smallest absolute Gasteiger partial charge is 0.253 e. The van der Waals surface area contributed by atoms with Gasteiger partial charge in [-0.3, -0.25) is 4.79 Å². The molecule has 0 saturated carbocycles. The van der Waals surface area contributed by atoms with Gasteiger partial charge < -0.3 is 10.1 Å². The lowest BCUT2D eigenvalue weighted by atomic mass is 10.2.